The van der Waals surface area contributed by atoms with Crippen LogP contribution < -0.4 is 10.1 Å². The number of ketones is 1. The maximum absolute atomic E-state index is 12.4. The van der Waals surface area contributed by atoms with Crippen LogP contribution in [0.15, 0.2) is 103 Å². The van der Waals surface area contributed by atoms with Gasteiger partial charge in [0.05, 0.1) is 6.42 Å². The van der Waals surface area contributed by atoms with Crippen LogP contribution >= 0.6 is 0 Å². The Morgan fingerprint density at radius 1 is 0.675 bits per heavy atom. The summed E-state index contributed by atoms with van der Waals surface area (Å²) in [7, 11) is 0. The Morgan fingerprint density at radius 2 is 1.25 bits per heavy atom. The van der Waals surface area contributed by atoms with Crippen molar-refractivity contribution in [3.8, 4) is 22.6 Å². The van der Waals surface area contributed by atoms with E-state index in [9.17, 15) is 14.4 Å². The average Bonchev–Trinajstić information content (AvgIpc) is 2.96. The second kappa shape index (κ2) is 12.9. The van der Waals surface area contributed by atoms with Gasteiger partial charge in [-0.25, -0.2) is 0 Å². The van der Waals surface area contributed by atoms with Crippen LogP contribution in [0.1, 0.15) is 49.5 Å². The van der Waals surface area contributed by atoms with E-state index in [2.05, 4.69) is 26.1 Å². The quantitative estimate of drug-likeness (QED) is 0.167. The fourth-order valence-corrected chi connectivity index (χ4v) is 3.99. The van der Waals surface area contributed by atoms with E-state index in [1.807, 2.05) is 66.7 Å². The first-order valence-electron chi connectivity index (χ1n) is 13.2. The third-order valence-corrected chi connectivity index (χ3v) is 6.33. The Morgan fingerprint density at radius 3 is 1.85 bits per heavy atom. The molecule has 0 spiro atoms. The van der Waals surface area contributed by atoms with E-state index in [-0.39, 0.29) is 36.6 Å². The molecule has 0 radical (unpaired) electrons. The lowest BCUT2D eigenvalue weighted by atomic mass is 9.87. The van der Waals surface area contributed by atoms with Crippen molar-refractivity contribution in [2.75, 3.05) is 11.9 Å². The Hall–Kier alpha value is -4.71. The molecule has 4 rings (SSSR count). The summed E-state index contributed by atoms with van der Waals surface area (Å²) in [5.74, 6) is 0.136. The van der Waals surface area contributed by atoms with Gasteiger partial charge in [-0.15, -0.1) is 0 Å². The Labute approximate surface area is 235 Å². The average molecular weight is 536 g/mol. The SMILES string of the molecule is CC(C)(C)c1ccc(Oc2ccc(NC(=O)CCC(=O)OCC(=O)c3ccc(-c4ccccc4)cc3)cc2)cc1. The monoisotopic (exact) mass is 535 g/mol. The smallest absolute Gasteiger partial charge is 0.306 e. The molecule has 0 atom stereocenters. The highest BCUT2D eigenvalue weighted by Crippen LogP contribution is 2.27. The molecular weight excluding hydrogens is 502 g/mol. The second-order valence-electron chi connectivity index (χ2n) is 10.5. The number of anilines is 1. The van der Waals surface area contributed by atoms with Crippen molar-refractivity contribution in [2.24, 2.45) is 0 Å². The number of esters is 1. The number of hydrogen-bond donors (Lipinski definition) is 1. The Bertz CT molecular complexity index is 1440. The van der Waals surface area contributed by atoms with Crippen LogP contribution in [0.3, 0.4) is 0 Å². The van der Waals surface area contributed by atoms with Crippen LogP contribution in [0.5, 0.6) is 11.5 Å². The molecule has 0 saturated heterocycles. The summed E-state index contributed by atoms with van der Waals surface area (Å²) in [4.78, 5) is 36.8. The van der Waals surface area contributed by atoms with Crippen molar-refractivity contribution in [3.63, 3.8) is 0 Å². The van der Waals surface area contributed by atoms with Gasteiger partial charge in [0.25, 0.3) is 0 Å². The number of carbonyl (C=O) groups excluding carboxylic acids is 3. The lowest BCUT2D eigenvalue weighted by Gasteiger charge is -2.19. The summed E-state index contributed by atoms with van der Waals surface area (Å²) in [5.41, 5.74) is 4.39. The molecule has 40 heavy (non-hydrogen) atoms. The minimum absolute atomic E-state index is 0.0584. The van der Waals surface area contributed by atoms with E-state index in [0.717, 1.165) is 16.9 Å². The van der Waals surface area contributed by atoms with Crippen molar-refractivity contribution >= 4 is 23.3 Å². The first kappa shape index (κ1) is 28.3. The van der Waals surface area contributed by atoms with Crippen LogP contribution in [0.2, 0.25) is 0 Å². The first-order valence-corrected chi connectivity index (χ1v) is 13.2. The van der Waals surface area contributed by atoms with Crippen molar-refractivity contribution in [2.45, 2.75) is 39.0 Å². The molecule has 0 unspecified atom stereocenters. The summed E-state index contributed by atoms with van der Waals surface area (Å²) in [5, 5.41) is 2.75. The molecule has 0 bridgehead atoms. The molecule has 4 aromatic carbocycles. The van der Waals surface area contributed by atoms with Gasteiger partial charge in [-0.3, -0.25) is 14.4 Å². The van der Waals surface area contributed by atoms with E-state index >= 15 is 0 Å². The summed E-state index contributed by atoms with van der Waals surface area (Å²) >= 11 is 0. The van der Waals surface area contributed by atoms with Gasteiger partial charge < -0.3 is 14.8 Å². The number of rotatable bonds is 10. The number of hydrogen-bond acceptors (Lipinski definition) is 5. The Kier molecular flexibility index (Phi) is 9.12. The van der Waals surface area contributed by atoms with Gasteiger partial charge in [-0.2, -0.15) is 0 Å². The molecule has 0 saturated carbocycles. The molecule has 6 nitrogen and oxygen atoms in total. The molecule has 6 heteroatoms. The standard InChI is InChI=1S/C34H33NO5/c1-34(2,3)27-13-17-29(18-14-27)40-30-19-15-28(16-20-30)35-32(37)21-22-33(38)39-23-31(36)26-11-9-25(10-12-26)24-7-5-4-6-8-24/h4-20H,21-23H2,1-3H3,(H,35,37). The molecule has 0 heterocycles. The highest BCUT2D eigenvalue weighted by atomic mass is 16.5. The fourth-order valence-electron chi connectivity index (χ4n) is 3.99. The predicted octanol–water partition coefficient (Wildman–Crippen LogP) is 7.59. The molecule has 0 aromatic heterocycles. The summed E-state index contributed by atoms with van der Waals surface area (Å²) in [6.45, 7) is 6.11. The summed E-state index contributed by atoms with van der Waals surface area (Å²) < 4.78 is 11.0. The molecule has 1 N–H and O–H groups in total. The zero-order chi connectivity index (χ0) is 28.5. The van der Waals surface area contributed by atoms with E-state index in [1.54, 1.807) is 36.4 Å². The van der Waals surface area contributed by atoms with E-state index in [1.165, 1.54) is 5.56 Å². The predicted molar refractivity (Wildman–Crippen MR) is 157 cm³/mol. The highest BCUT2D eigenvalue weighted by Gasteiger charge is 2.14. The van der Waals surface area contributed by atoms with Crippen LogP contribution in [0.25, 0.3) is 11.1 Å². The molecular formula is C34H33NO5. The molecule has 1 amide bonds. The molecule has 0 fully saturated rings. The van der Waals surface area contributed by atoms with E-state index in [0.29, 0.717) is 17.0 Å². The lowest BCUT2D eigenvalue weighted by molar-refractivity contribution is -0.143. The number of nitrogens with one attached hydrogen (secondary N) is 1. The van der Waals surface area contributed by atoms with Crippen LogP contribution in [-0.4, -0.2) is 24.3 Å². The summed E-state index contributed by atoms with van der Waals surface area (Å²) in [6.07, 6.45) is -0.186. The van der Waals surface area contributed by atoms with Crippen molar-refractivity contribution in [3.05, 3.63) is 114 Å². The number of Topliss-reactive ketones (excluding diaryl/α,β-unsaturated/α-hetero) is 1. The van der Waals surface area contributed by atoms with Crippen molar-refractivity contribution in [1.29, 1.82) is 0 Å². The zero-order valence-corrected chi connectivity index (χ0v) is 23.0. The number of carbonyl (C=O) groups is 3. The zero-order valence-electron chi connectivity index (χ0n) is 23.0. The van der Waals surface area contributed by atoms with E-state index in [4.69, 9.17) is 9.47 Å². The van der Waals surface area contributed by atoms with Gasteiger partial charge in [-0.1, -0.05) is 87.5 Å². The van der Waals surface area contributed by atoms with Gasteiger partial charge in [0.15, 0.2) is 12.4 Å². The topological polar surface area (TPSA) is 81.7 Å². The number of amides is 1. The van der Waals surface area contributed by atoms with Gasteiger partial charge >= 0.3 is 5.97 Å². The van der Waals surface area contributed by atoms with Crippen LogP contribution in [-0.2, 0) is 19.7 Å². The van der Waals surface area contributed by atoms with Gasteiger partial charge in [0.1, 0.15) is 11.5 Å². The molecule has 0 aliphatic rings. The van der Waals surface area contributed by atoms with Gasteiger partial charge in [-0.05, 0) is 58.5 Å². The van der Waals surface area contributed by atoms with Crippen LogP contribution in [0.4, 0.5) is 5.69 Å². The third-order valence-electron chi connectivity index (χ3n) is 6.33. The minimum atomic E-state index is -0.606. The first-order chi connectivity index (χ1) is 19.2. The number of benzene rings is 4. The summed E-state index contributed by atoms with van der Waals surface area (Å²) in [6, 6.07) is 31.9. The molecule has 204 valence electrons. The minimum Gasteiger partial charge on any atom is -0.457 e. The lowest BCUT2D eigenvalue weighted by Crippen LogP contribution is -2.17. The Balaban J connectivity index is 1.18. The molecule has 4 aromatic rings. The normalized spacial score (nSPS) is 11.0. The van der Waals surface area contributed by atoms with Crippen molar-refractivity contribution < 1.29 is 23.9 Å². The van der Waals surface area contributed by atoms with Crippen LogP contribution in [0, 0.1) is 0 Å². The molecule has 0 aliphatic carbocycles. The number of ether oxygens (including phenoxy) is 2. The fraction of sp³-hybridized carbons (Fsp3) is 0.206. The maximum atomic E-state index is 12.4. The van der Waals surface area contributed by atoms with Crippen molar-refractivity contribution in [1.82, 2.24) is 0 Å². The largest absolute Gasteiger partial charge is 0.457 e. The van der Waals surface area contributed by atoms with Gasteiger partial charge in [0, 0.05) is 17.7 Å². The van der Waals surface area contributed by atoms with Gasteiger partial charge in [0.2, 0.25) is 5.91 Å². The maximum Gasteiger partial charge on any atom is 0.306 e. The van der Waals surface area contributed by atoms with E-state index < -0.39 is 5.97 Å². The third kappa shape index (κ3) is 8.14. The second-order valence-corrected chi connectivity index (χ2v) is 10.5. The molecule has 0 aliphatic heterocycles. The highest BCUT2D eigenvalue weighted by molar-refractivity contribution is 5.98.